The van der Waals surface area contributed by atoms with Gasteiger partial charge in [0.1, 0.15) is 5.75 Å². The Labute approximate surface area is 188 Å². The van der Waals surface area contributed by atoms with Crippen molar-refractivity contribution in [2.45, 2.75) is 24.1 Å². The SMILES string of the molecule is CNC(=O)c1ccccc1NC(=O)C1CCN(S(=O)(=O)c2cccc(OC(F)(F)F)c2)CC1. The minimum absolute atomic E-state index is 0.0157. The van der Waals surface area contributed by atoms with Crippen LogP contribution in [0.2, 0.25) is 0 Å². The molecule has 0 unspecified atom stereocenters. The maximum Gasteiger partial charge on any atom is 0.573 e. The summed E-state index contributed by atoms with van der Waals surface area (Å²) in [7, 11) is -2.59. The quantitative estimate of drug-likeness (QED) is 0.655. The molecule has 1 fully saturated rings. The molecule has 0 spiro atoms. The molecule has 1 aliphatic rings. The van der Waals surface area contributed by atoms with Crippen molar-refractivity contribution in [2.24, 2.45) is 5.92 Å². The number of piperidine rings is 1. The van der Waals surface area contributed by atoms with Crippen LogP contribution in [0.1, 0.15) is 23.2 Å². The van der Waals surface area contributed by atoms with Crippen molar-refractivity contribution in [1.82, 2.24) is 9.62 Å². The molecule has 1 aliphatic heterocycles. The molecule has 1 saturated heterocycles. The van der Waals surface area contributed by atoms with Crippen molar-refractivity contribution in [3.63, 3.8) is 0 Å². The largest absolute Gasteiger partial charge is 0.573 e. The molecule has 0 radical (unpaired) electrons. The van der Waals surface area contributed by atoms with Gasteiger partial charge in [-0.05, 0) is 37.1 Å². The lowest BCUT2D eigenvalue weighted by Crippen LogP contribution is -2.41. The Morgan fingerprint density at radius 2 is 1.73 bits per heavy atom. The van der Waals surface area contributed by atoms with Crippen LogP contribution in [0.4, 0.5) is 18.9 Å². The Bertz CT molecular complexity index is 1130. The molecule has 0 atom stereocenters. The third-order valence-electron chi connectivity index (χ3n) is 5.16. The maximum absolute atomic E-state index is 12.9. The number of carbonyl (C=O) groups is 2. The number of carbonyl (C=O) groups excluding carboxylic acids is 2. The van der Waals surface area contributed by atoms with E-state index in [1.54, 1.807) is 24.3 Å². The Hall–Kier alpha value is -3.12. The first-order valence-electron chi connectivity index (χ1n) is 9.99. The van der Waals surface area contributed by atoms with Gasteiger partial charge in [0.05, 0.1) is 16.1 Å². The maximum atomic E-state index is 12.9. The third kappa shape index (κ3) is 6.02. The summed E-state index contributed by atoms with van der Waals surface area (Å²) in [4.78, 5) is 24.3. The fraction of sp³-hybridized carbons (Fsp3) is 0.333. The van der Waals surface area contributed by atoms with Gasteiger partial charge in [-0.15, -0.1) is 13.2 Å². The van der Waals surface area contributed by atoms with E-state index in [1.807, 2.05) is 0 Å². The number of alkyl halides is 3. The molecule has 12 heteroatoms. The molecule has 0 aliphatic carbocycles. The van der Waals surface area contributed by atoms with E-state index >= 15 is 0 Å². The molecule has 1 heterocycles. The van der Waals surface area contributed by atoms with Crippen LogP contribution < -0.4 is 15.4 Å². The number of nitrogens with zero attached hydrogens (tertiary/aromatic N) is 1. The topological polar surface area (TPSA) is 105 Å². The van der Waals surface area contributed by atoms with Gasteiger partial charge in [0.25, 0.3) is 5.91 Å². The second kappa shape index (κ2) is 9.79. The summed E-state index contributed by atoms with van der Waals surface area (Å²) >= 11 is 0. The number of hydrogen-bond donors (Lipinski definition) is 2. The fourth-order valence-electron chi connectivity index (χ4n) is 3.50. The summed E-state index contributed by atoms with van der Waals surface area (Å²) in [6, 6.07) is 10.7. The van der Waals surface area contributed by atoms with E-state index in [-0.39, 0.29) is 42.6 Å². The minimum atomic E-state index is -4.94. The average molecular weight is 485 g/mol. The number of rotatable bonds is 6. The number of halogens is 3. The van der Waals surface area contributed by atoms with Crippen molar-refractivity contribution in [3.05, 3.63) is 54.1 Å². The predicted molar refractivity (Wildman–Crippen MR) is 113 cm³/mol. The van der Waals surface area contributed by atoms with Gasteiger partial charge < -0.3 is 15.4 Å². The predicted octanol–water partition coefficient (Wildman–Crippen LogP) is 2.98. The zero-order valence-corrected chi connectivity index (χ0v) is 18.4. The molecule has 2 N–H and O–H groups in total. The van der Waals surface area contributed by atoms with Crippen LogP contribution >= 0.6 is 0 Å². The van der Waals surface area contributed by atoms with Gasteiger partial charge in [0.15, 0.2) is 0 Å². The van der Waals surface area contributed by atoms with Gasteiger partial charge in [-0.3, -0.25) is 9.59 Å². The highest BCUT2D eigenvalue weighted by Crippen LogP contribution is 2.29. The zero-order chi connectivity index (χ0) is 24.2. The van der Waals surface area contributed by atoms with E-state index in [2.05, 4.69) is 15.4 Å². The van der Waals surface area contributed by atoms with Crippen molar-refractivity contribution in [3.8, 4) is 5.75 Å². The number of benzene rings is 2. The smallest absolute Gasteiger partial charge is 0.406 e. The van der Waals surface area contributed by atoms with Crippen LogP contribution in [0.3, 0.4) is 0 Å². The number of ether oxygens (including phenoxy) is 1. The van der Waals surface area contributed by atoms with Crippen molar-refractivity contribution in [2.75, 3.05) is 25.5 Å². The Balaban J connectivity index is 1.66. The first kappa shape index (κ1) is 24.5. The lowest BCUT2D eigenvalue weighted by Gasteiger charge is -2.30. The summed E-state index contributed by atoms with van der Waals surface area (Å²) in [6.07, 6.45) is -4.51. The number of nitrogens with one attached hydrogen (secondary N) is 2. The molecule has 2 amide bonds. The van der Waals surface area contributed by atoms with Gasteiger partial charge in [-0.25, -0.2) is 8.42 Å². The van der Waals surface area contributed by atoms with E-state index < -0.39 is 28.1 Å². The normalized spacial score (nSPS) is 15.6. The molecular weight excluding hydrogens is 463 g/mol. The van der Waals surface area contributed by atoms with Crippen molar-refractivity contribution >= 4 is 27.5 Å². The Kier molecular flexibility index (Phi) is 7.28. The monoisotopic (exact) mass is 485 g/mol. The van der Waals surface area contributed by atoms with E-state index in [1.165, 1.54) is 13.1 Å². The van der Waals surface area contributed by atoms with Crippen LogP contribution in [0.15, 0.2) is 53.4 Å². The number of sulfonamides is 1. The molecule has 2 aromatic rings. The van der Waals surface area contributed by atoms with Crippen molar-refractivity contribution < 1.29 is 35.9 Å². The average Bonchev–Trinajstić information content (AvgIpc) is 2.78. The summed E-state index contributed by atoms with van der Waals surface area (Å²) < 4.78 is 68.0. The van der Waals surface area contributed by atoms with Crippen molar-refractivity contribution in [1.29, 1.82) is 0 Å². The van der Waals surface area contributed by atoms with E-state index in [9.17, 15) is 31.2 Å². The van der Waals surface area contributed by atoms with E-state index in [0.29, 0.717) is 11.3 Å². The number of amides is 2. The lowest BCUT2D eigenvalue weighted by molar-refractivity contribution is -0.274. The molecule has 33 heavy (non-hydrogen) atoms. The number of para-hydroxylation sites is 1. The summed E-state index contributed by atoms with van der Waals surface area (Å²) in [5, 5.41) is 5.21. The molecule has 2 aromatic carbocycles. The first-order chi connectivity index (χ1) is 15.5. The summed E-state index contributed by atoms with van der Waals surface area (Å²) in [6.45, 7) is 0.0315. The highest BCUT2D eigenvalue weighted by molar-refractivity contribution is 7.89. The van der Waals surface area contributed by atoms with Gasteiger partial charge in [0.2, 0.25) is 15.9 Å². The summed E-state index contributed by atoms with van der Waals surface area (Å²) in [5.41, 5.74) is 0.646. The van der Waals surface area contributed by atoms with Crippen LogP contribution in [0.5, 0.6) is 5.75 Å². The number of hydrogen-bond acceptors (Lipinski definition) is 5. The van der Waals surface area contributed by atoms with Crippen LogP contribution in [0, 0.1) is 5.92 Å². The third-order valence-corrected chi connectivity index (χ3v) is 7.05. The second-order valence-electron chi connectivity index (χ2n) is 7.31. The standard InChI is InChI=1S/C21H22F3N3O5S/c1-25-20(29)17-7-2-3-8-18(17)26-19(28)14-9-11-27(12-10-14)33(30,31)16-6-4-5-15(13-16)32-21(22,23)24/h2-8,13-14H,9-12H2,1H3,(H,25,29)(H,26,28). The molecule has 178 valence electrons. The second-order valence-corrected chi connectivity index (χ2v) is 9.25. The van der Waals surface area contributed by atoms with Crippen LogP contribution in [-0.2, 0) is 14.8 Å². The van der Waals surface area contributed by atoms with Gasteiger partial charge in [-0.1, -0.05) is 18.2 Å². The van der Waals surface area contributed by atoms with Crippen LogP contribution in [-0.4, -0.2) is 51.0 Å². The molecular formula is C21H22F3N3O5S. The minimum Gasteiger partial charge on any atom is -0.406 e. The zero-order valence-electron chi connectivity index (χ0n) is 17.6. The molecule has 0 saturated carbocycles. The van der Waals surface area contributed by atoms with Gasteiger partial charge >= 0.3 is 6.36 Å². The number of anilines is 1. The van der Waals surface area contributed by atoms with E-state index in [0.717, 1.165) is 22.5 Å². The highest BCUT2D eigenvalue weighted by atomic mass is 32.2. The molecule has 0 aromatic heterocycles. The lowest BCUT2D eigenvalue weighted by atomic mass is 9.97. The van der Waals surface area contributed by atoms with Gasteiger partial charge in [-0.2, -0.15) is 4.31 Å². The van der Waals surface area contributed by atoms with E-state index in [4.69, 9.17) is 0 Å². The van der Waals surface area contributed by atoms with Crippen LogP contribution in [0.25, 0.3) is 0 Å². The first-order valence-corrected chi connectivity index (χ1v) is 11.4. The highest BCUT2D eigenvalue weighted by Gasteiger charge is 2.34. The molecule has 3 rings (SSSR count). The fourth-order valence-corrected chi connectivity index (χ4v) is 5.00. The summed E-state index contributed by atoms with van der Waals surface area (Å²) in [5.74, 6) is -1.82. The Morgan fingerprint density at radius 3 is 2.36 bits per heavy atom. The Morgan fingerprint density at radius 1 is 1.06 bits per heavy atom. The molecule has 8 nitrogen and oxygen atoms in total. The van der Waals surface area contributed by atoms with Gasteiger partial charge in [0, 0.05) is 32.1 Å². The molecule has 0 bridgehead atoms.